The zero-order chi connectivity index (χ0) is 10.2. The van der Waals surface area contributed by atoms with E-state index in [1.54, 1.807) is 6.92 Å². The number of hydrogen-bond acceptors (Lipinski definition) is 4. The first kappa shape index (κ1) is 12.8. The van der Waals surface area contributed by atoms with Crippen molar-refractivity contribution in [3.63, 3.8) is 0 Å². The second kappa shape index (κ2) is 7.25. The standard InChI is InChI=1S/C4H10N2.C3H8O3S/c1-2-6-4-3-5-1;1-2-3-7(4,5)6/h5-6H,1-4H2;2-3H2,1H3,(H,4,5,6). The van der Waals surface area contributed by atoms with E-state index in [1.165, 1.54) is 0 Å². The van der Waals surface area contributed by atoms with Crippen molar-refractivity contribution >= 4 is 10.1 Å². The van der Waals surface area contributed by atoms with Gasteiger partial charge in [0.2, 0.25) is 0 Å². The minimum Gasteiger partial charge on any atom is -0.314 e. The van der Waals surface area contributed by atoms with Crippen LogP contribution in [-0.2, 0) is 10.1 Å². The van der Waals surface area contributed by atoms with E-state index in [2.05, 4.69) is 10.6 Å². The highest BCUT2D eigenvalue weighted by Crippen LogP contribution is 1.83. The summed E-state index contributed by atoms with van der Waals surface area (Å²) in [6.45, 7) is 6.24. The Morgan fingerprint density at radius 3 is 1.62 bits per heavy atom. The lowest BCUT2D eigenvalue weighted by molar-refractivity contribution is 0.482. The molecule has 1 aliphatic rings. The molecular weight excluding hydrogens is 192 g/mol. The van der Waals surface area contributed by atoms with Gasteiger partial charge in [-0.1, -0.05) is 6.92 Å². The Balaban J connectivity index is 0.000000223. The molecule has 0 bridgehead atoms. The molecule has 1 rings (SSSR count). The SMILES string of the molecule is C1CNCCN1.CCCS(=O)(=O)O. The summed E-state index contributed by atoms with van der Waals surface area (Å²) in [6, 6.07) is 0. The summed E-state index contributed by atoms with van der Waals surface area (Å²) in [6.07, 6.45) is 0.471. The van der Waals surface area contributed by atoms with Crippen molar-refractivity contribution in [3.05, 3.63) is 0 Å². The monoisotopic (exact) mass is 210 g/mol. The van der Waals surface area contributed by atoms with E-state index in [0.29, 0.717) is 6.42 Å². The van der Waals surface area contributed by atoms with Gasteiger partial charge in [-0.05, 0) is 6.42 Å². The number of hydrogen-bond donors (Lipinski definition) is 3. The van der Waals surface area contributed by atoms with Gasteiger partial charge in [-0.3, -0.25) is 4.55 Å². The molecule has 0 aliphatic carbocycles. The number of piperazine rings is 1. The van der Waals surface area contributed by atoms with E-state index in [-0.39, 0.29) is 5.75 Å². The average molecular weight is 210 g/mol. The lowest BCUT2D eigenvalue weighted by Crippen LogP contribution is -2.39. The van der Waals surface area contributed by atoms with Gasteiger partial charge in [0.05, 0.1) is 5.75 Å². The van der Waals surface area contributed by atoms with Crippen LogP contribution in [0.25, 0.3) is 0 Å². The maximum atomic E-state index is 9.79. The molecule has 6 heteroatoms. The molecule has 1 saturated heterocycles. The molecule has 1 fully saturated rings. The molecule has 0 unspecified atom stereocenters. The van der Waals surface area contributed by atoms with Crippen molar-refractivity contribution in [3.8, 4) is 0 Å². The van der Waals surface area contributed by atoms with Crippen molar-refractivity contribution in [2.75, 3.05) is 31.9 Å². The fourth-order valence-electron chi connectivity index (χ4n) is 0.862. The Labute approximate surface area is 79.7 Å². The third kappa shape index (κ3) is 11.8. The molecular formula is C7H18N2O3S. The highest BCUT2D eigenvalue weighted by Gasteiger charge is 1.98. The summed E-state index contributed by atoms with van der Waals surface area (Å²) in [5.41, 5.74) is 0. The van der Waals surface area contributed by atoms with Crippen molar-refractivity contribution < 1.29 is 13.0 Å². The van der Waals surface area contributed by atoms with Crippen molar-refractivity contribution in [1.29, 1.82) is 0 Å². The molecule has 80 valence electrons. The number of nitrogens with one attached hydrogen (secondary N) is 2. The Bertz CT molecular complexity index is 188. The van der Waals surface area contributed by atoms with Gasteiger partial charge in [-0.2, -0.15) is 8.42 Å². The molecule has 1 aliphatic heterocycles. The molecule has 0 amide bonds. The largest absolute Gasteiger partial charge is 0.314 e. The van der Waals surface area contributed by atoms with Crippen molar-refractivity contribution in [1.82, 2.24) is 10.6 Å². The fourth-order valence-corrected chi connectivity index (χ4v) is 1.38. The van der Waals surface area contributed by atoms with Crippen molar-refractivity contribution in [2.45, 2.75) is 13.3 Å². The smallest absolute Gasteiger partial charge is 0.264 e. The van der Waals surface area contributed by atoms with Crippen LogP contribution in [0.5, 0.6) is 0 Å². The molecule has 1 heterocycles. The summed E-state index contributed by atoms with van der Waals surface area (Å²) >= 11 is 0. The lowest BCUT2D eigenvalue weighted by Gasteiger charge is -2.11. The van der Waals surface area contributed by atoms with Crippen LogP contribution in [0, 0.1) is 0 Å². The maximum Gasteiger partial charge on any atom is 0.264 e. The zero-order valence-corrected chi connectivity index (χ0v) is 8.73. The first-order valence-electron chi connectivity index (χ1n) is 4.43. The first-order valence-corrected chi connectivity index (χ1v) is 6.04. The number of rotatable bonds is 2. The fraction of sp³-hybridized carbons (Fsp3) is 1.00. The Morgan fingerprint density at radius 2 is 1.54 bits per heavy atom. The predicted octanol–water partition coefficient (Wildman–Crippen LogP) is -0.537. The topological polar surface area (TPSA) is 78.4 Å². The van der Waals surface area contributed by atoms with E-state index < -0.39 is 10.1 Å². The average Bonchev–Trinajstić information content (AvgIpc) is 2.06. The Hall–Kier alpha value is -0.170. The lowest BCUT2D eigenvalue weighted by atomic mass is 10.4. The van der Waals surface area contributed by atoms with Gasteiger partial charge < -0.3 is 10.6 Å². The van der Waals surface area contributed by atoms with Crippen LogP contribution in [0.4, 0.5) is 0 Å². The van der Waals surface area contributed by atoms with Crippen LogP contribution in [0.3, 0.4) is 0 Å². The summed E-state index contributed by atoms with van der Waals surface area (Å²) < 4.78 is 27.6. The highest BCUT2D eigenvalue weighted by atomic mass is 32.2. The quantitative estimate of drug-likeness (QED) is 0.534. The van der Waals surface area contributed by atoms with E-state index in [9.17, 15) is 8.42 Å². The van der Waals surface area contributed by atoms with Crippen LogP contribution < -0.4 is 10.6 Å². The van der Waals surface area contributed by atoms with Crippen molar-refractivity contribution in [2.24, 2.45) is 0 Å². The maximum absolute atomic E-state index is 9.79. The molecule has 13 heavy (non-hydrogen) atoms. The van der Waals surface area contributed by atoms with Crippen LogP contribution in [0.1, 0.15) is 13.3 Å². The molecule has 0 atom stereocenters. The molecule has 3 N–H and O–H groups in total. The van der Waals surface area contributed by atoms with Gasteiger partial charge in [-0.25, -0.2) is 0 Å². The predicted molar refractivity (Wildman–Crippen MR) is 52.4 cm³/mol. The van der Waals surface area contributed by atoms with E-state index in [1.807, 2.05) is 0 Å². The van der Waals surface area contributed by atoms with Crippen LogP contribution in [0.15, 0.2) is 0 Å². The molecule has 0 spiro atoms. The molecule has 0 saturated carbocycles. The summed E-state index contributed by atoms with van der Waals surface area (Å²) in [4.78, 5) is 0. The van der Waals surface area contributed by atoms with E-state index in [0.717, 1.165) is 26.2 Å². The molecule has 5 nitrogen and oxygen atoms in total. The Kier molecular flexibility index (Phi) is 7.16. The van der Waals surface area contributed by atoms with Gasteiger partial charge in [0.1, 0.15) is 0 Å². The molecule has 0 aromatic carbocycles. The summed E-state index contributed by atoms with van der Waals surface area (Å²) in [5, 5.41) is 6.44. The highest BCUT2D eigenvalue weighted by molar-refractivity contribution is 7.85. The minimum absolute atomic E-state index is 0.132. The van der Waals surface area contributed by atoms with Gasteiger partial charge in [0.25, 0.3) is 10.1 Å². The van der Waals surface area contributed by atoms with Gasteiger partial charge in [-0.15, -0.1) is 0 Å². The first-order chi connectivity index (χ1) is 6.06. The molecule has 0 aromatic rings. The van der Waals surface area contributed by atoms with Crippen LogP contribution >= 0.6 is 0 Å². The molecule has 0 radical (unpaired) electrons. The van der Waals surface area contributed by atoms with Crippen LogP contribution in [0.2, 0.25) is 0 Å². The molecule has 0 aromatic heterocycles. The normalized spacial score (nSPS) is 17.4. The summed E-state index contributed by atoms with van der Waals surface area (Å²) in [7, 11) is -3.67. The second-order valence-electron chi connectivity index (χ2n) is 2.79. The van der Waals surface area contributed by atoms with Gasteiger partial charge in [0, 0.05) is 26.2 Å². The second-order valence-corrected chi connectivity index (χ2v) is 4.36. The third-order valence-corrected chi connectivity index (χ3v) is 2.34. The minimum atomic E-state index is -3.67. The van der Waals surface area contributed by atoms with Gasteiger partial charge >= 0.3 is 0 Å². The van der Waals surface area contributed by atoms with E-state index in [4.69, 9.17) is 4.55 Å². The van der Waals surface area contributed by atoms with Gasteiger partial charge in [0.15, 0.2) is 0 Å². The third-order valence-electron chi connectivity index (χ3n) is 1.42. The Morgan fingerprint density at radius 1 is 1.15 bits per heavy atom. The van der Waals surface area contributed by atoms with E-state index >= 15 is 0 Å². The summed E-state index contributed by atoms with van der Waals surface area (Å²) in [5.74, 6) is -0.132. The van der Waals surface area contributed by atoms with Crippen LogP contribution in [-0.4, -0.2) is 44.9 Å². The zero-order valence-electron chi connectivity index (χ0n) is 7.91.